The standard InChI is InChI=1S/C35H29N3OS/c39-34(29-21-20-27-12-10-11-13-28(27)24-29)36-23-22-33-25-38(26-37-33)40-35(30-14-4-1-5-15-30,31-16-6-2-7-17-31)32-18-8-3-9-19-32/h1-21,24-26H,22-23H2,(H,36,39). The highest BCUT2D eigenvalue weighted by Crippen LogP contribution is 2.48. The summed E-state index contributed by atoms with van der Waals surface area (Å²) in [5.41, 5.74) is 5.16. The van der Waals surface area contributed by atoms with Crippen LogP contribution in [0, 0.1) is 0 Å². The Bertz CT molecular complexity index is 1620. The minimum absolute atomic E-state index is 0.0733. The number of rotatable bonds is 9. The number of amides is 1. The van der Waals surface area contributed by atoms with Crippen LogP contribution in [0.2, 0.25) is 0 Å². The summed E-state index contributed by atoms with van der Waals surface area (Å²) in [5.74, 6) is -0.0733. The highest BCUT2D eigenvalue weighted by Gasteiger charge is 2.38. The first-order chi connectivity index (χ1) is 19.7. The summed E-state index contributed by atoms with van der Waals surface area (Å²) in [7, 11) is 0. The van der Waals surface area contributed by atoms with Crippen molar-refractivity contribution in [3.05, 3.63) is 174 Å². The van der Waals surface area contributed by atoms with Gasteiger partial charge in [-0.1, -0.05) is 121 Å². The van der Waals surface area contributed by atoms with E-state index in [1.165, 1.54) is 16.7 Å². The number of nitrogens with one attached hydrogen (secondary N) is 1. The van der Waals surface area contributed by atoms with Crippen molar-refractivity contribution < 1.29 is 4.79 Å². The minimum Gasteiger partial charge on any atom is -0.352 e. The van der Waals surface area contributed by atoms with Crippen LogP contribution in [0.15, 0.2) is 146 Å². The molecule has 1 amide bonds. The van der Waals surface area contributed by atoms with Crippen LogP contribution >= 0.6 is 11.9 Å². The topological polar surface area (TPSA) is 46.9 Å². The number of fused-ring (bicyclic) bond motifs is 1. The van der Waals surface area contributed by atoms with Gasteiger partial charge in [-0.2, -0.15) is 0 Å². The molecular weight excluding hydrogens is 510 g/mol. The molecule has 0 unspecified atom stereocenters. The highest BCUT2D eigenvalue weighted by atomic mass is 32.2. The molecule has 40 heavy (non-hydrogen) atoms. The van der Waals surface area contributed by atoms with Gasteiger partial charge >= 0.3 is 0 Å². The van der Waals surface area contributed by atoms with Gasteiger partial charge < -0.3 is 5.32 Å². The Morgan fingerprint density at radius 1 is 0.700 bits per heavy atom. The van der Waals surface area contributed by atoms with Gasteiger partial charge in [-0.25, -0.2) is 4.98 Å². The molecule has 0 aliphatic heterocycles. The largest absolute Gasteiger partial charge is 0.352 e. The number of hydrogen-bond acceptors (Lipinski definition) is 3. The molecule has 1 N–H and O–H groups in total. The average Bonchev–Trinajstić information content (AvgIpc) is 3.47. The fourth-order valence-corrected chi connectivity index (χ4v) is 6.40. The summed E-state index contributed by atoms with van der Waals surface area (Å²) in [6.07, 6.45) is 4.58. The fraction of sp³-hybridized carbons (Fsp3) is 0.0857. The molecule has 6 aromatic rings. The van der Waals surface area contributed by atoms with E-state index >= 15 is 0 Å². The molecule has 196 valence electrons. The lowest BCUT2D eigenvalue weighted by molar-refractivity contribution is 0.0954. The van der Waals surface area contributed by atoms with Crippen LogP contribution in [-0.4, -0.2) is 21.4 Å². The lowest BCUT2D eigenvalue weighted by Crippen LogP contribution is -2.27. The molecule has 0 radical (unpaired) electrons. The van der Waals surface area contributed by atoms with Crippen molar-refractivity contribution in [1.82, 2.24) is 14.3 Å². The molecule has 0 atom stereocenters. The van der Waals surface area contributed by atoms with Crippen LogP contribution in [0.1, 0.15) is 32.7 Å². The van der Waals surface area contributed by atoms with E-state index in [-0.39, 0.29) is 5.91 Å². The summed E-state index contributed by atoms with van der Waals surface area (Å²) in [6, 6.07) is 45.7. The van der Waals surface area contributed by atoms with E-state index < -0.39 is 4.75 Å². The van der Waals surface area contributed by atoms with Gasteiger partial charge in [0.1, 0.15) is 11.1 Å². The van der Waals surface area contributed by atoms with Gasteiger partial charge in [0, 0.05) is 24.7 Å². The van der Waals surface area contributed by atoms with Crippen LogP contribution in [0.4, 0.5) is 0 Å². The summed E-state index contributed by atoms with van der Waals surface area (Å²) < 4.78 is 1.61. The van der Waals surface area contributed by atoms with Crippen LogP contribution in [0.25, 0.3) is 10.8 Å². The predicted molar refractivity (Wildman–Crippen MR) is 164 cm³/mol. The zero-order valence-corrected chi connectivity index (χ0v) is 22.8. The second-order valence-corrected chi connectivity index (χ2v) is 10.9. The molecule has 0 saturated heterocycles. The maximum absolute atomic E-state index is 12.8. The van der Waals surface area contributed by atoms with Gasteiger partial charge in [0.15, 0.2) is 0 Å². The van der Waals surface area contributed by atoms with Crippen molar-refractivity contribution in [2.45, 2.75) is 11.2 Å². The molecule has 1 aromatic heterocycles. The zero-order valence-electron chi connectivity index (χ0n) is 22.0. The van der Waals surface area contributed by atoms with Gasteiger partial charge in [-0.05, 0) is 51.5 Å². The van der Waals surface area contributed by atoms with Crippen LogP contribution in [0.3, 0.4) is 0 Å². The molecule has 0 spiro atoms. The number of imidazole rings is 1. The Labute approximate surface area is 238 Å². The Kier molecular flexibility index (Phi) is 7.47. The number of carbonyl (C=O) groups is 1. The molecule has 5 aromatic carbocycles. The van der Waals surface area contributed by atoms with Gasteiger partial charge in [0.25, 0.3) is 5.91 Å². The predicted octanol–water partition coefficient (Wildman–Crippen LogP) is 7.50. The van der Waals surface area contributed by atoms with Crippen molar-refractivity contribution in [3.63, 3.8) is 0 Å². The van der Waals surface area contributed by atoms with E-state index in [1.54, 1.807) is 11.9 Å². The minimum atomic E-state index is -0.480. The Hall–Kier alpha value is -4.61. The van der Waals surface area contributed by atoms with Crippen molar-refractivity contribution in [2.24, 2.45) is 0 Å². The normalized spacial score (nSPS) is 11.4. The van der Waals surface area contributed by atoms with E-state index in [4.69, 9.17) is 0 Å². The van der Waals surface area contributed by atoms with Gasteiger partial charge in [0.05, 0.1) is 5.69 Å². The molecule has 0 aliphatic rings. The SMILES string of the molecule is O=C(NCCc1cn(SC(c2ccccc2)(c2ccccc2)c2ccccc2)cn1)c1ccc2ccccc2c1. The molecule has 0 fully saturated rings. The van der Waals surface area contributed by atoms with Crippen molar-refractivity contribution in [1.29, 1.82) is 0 Å². The van der Waals surface area contributed by atoms with E-state index in [2.05, 4.69) is 111 Å². The Balaban J connectivity index is 1.23. The van der Waals surface area contributed by atoms with Crippen molar-refractivity contribution >= 4 is 28.6 Å². The Morgan fingerprint density at radius 2 is 1.25 bits per heavy atom. The van der Waals surface area contributed by atoms with Gasteiger partial charge in [-0.3, -0.25) is 8.77 Å². The van der Waals surface area contributed by atoms with E-state index in [0.29, 0.717) is 18.5 Å². The lowest BCUT2D eigenvalue weighted by Gasteiger charge is -2.35. The molecule has 0 saturated carbocycles. The average molecular weight is 540 g/mol. The summed E-state index contributed by atoms with van der Waals surface area (Å²) >= 11 is 1.72. The first kappa shape index (κ1) is 25.7. The second kappa shape index (κ2) is 11.6. The van der Waals surface area contributed by atoms with E-state index in [1.807, 2.05) is 48.8 Å². The Morgan fingerprint density at radius 3 is 1.85 bits per heavy atom. The maximum atomic E-state index is 12.8. The number of nitrogens with zero attached hydrogens (tertiary/aromatic N) is 2. The summed E-state index contributed by atoms with van der Waals surface area (Å²) in [6.45, 7) is 0.508. The number of carbonyl (C=O) groups excluding carboxylic acids is 1. The van der Waals surface area contributed by atoms with Crippen LogP contribution in [-0.2, 0) is 11.2 Å². The number of aromatic nitrogens is 2. The van der Waals surface area contributed by atoms with E-state index in [9.17, 15) is 4.79 Å². The third kappa shape index (κ3) is 5.29. The quantitative estimate of drug-likeness (QED) is 0.194. The highest BCUT2D eigenvalue weighted by molar-refractivity contribution is 7.99. The van der Waals surface area contributed by atoms with Crippen molar-refractivity contribution in [3.8, 4) is 0 Å². The first-order valence-electron chi connectivity index (χ1n) is 13.4. The third-order valence-corrected chi connectivity index (χ3v) is 8.47. The van der Waals surface area contributed by atoms with Crippen molar-refractivity contribution in [2.75, 3.05) is 6.54 Å². The van der Waals surface area contributed by atoms with Gasteiger partial charge in [0.2, 0.25) is 0 Å². The number of benzene rings is 5. The summed E-state index contributed by atoms with van der Waals surface area (Å²) in [4.78, 5) is 17.5. The lowest BCUT2D eigenvalue weighted by atomic mass is 9.84. The van der Waals surface area contributed by atoms with Gasteiger partial charge in [-0.15, -0.1) is 0 Å². The maximum Gasteiger partial charge on any atom is 0.251 e. The zero-order chi connectivity index (χ0) is 27.2. The first-order valence-corrected chi connectivity index (χ1v) is 14.2. The molecular formula is C35H29N3OS. The fourth-order valence-electron chi connectivity index (χ4n) is 5.10. The summed E-state index contributed by atoms with van der Waals surface area (Å²) in [5, 5.41) is 5.24. The monoisotopic (exact) mass is 539 g/mol. The molecule has 1 heterocycles. The van der Waals surface area contributed by atoms with Crippen LogP contribution < -0.4 is 5.32 Å². The second-order valence-electron chi connectivity index (χ2n) is 9.66. The molecule has 0 aliphatic carbocycles. The smallest absolute Gasteiger partial charge is 0.251 e. The number of hydrogen-bond donors (Lipinski definition) is 1. The van der Waals surface area contributed by atoms with E-state index in [0.717, 1.165) is 16.5 Å². The van der Waals surface area contributed by atoms with Crippen LogP contribution in [0.5, 0.6) is 0 Å². The third-order valence-electron chi connectivity index (χ3n) is 7.08. The molecule has 4 nitrogen and oxygen atoms in total. The molecule has 0 bridgehead atoms. The molecule has 6 rings (SSSR count). The molecule has 5 heteroatoms.